The van der Waals surface area contributed by atoms with Crippen LogP contribution in [0.3, 0.4) is 0 Å². The molecular formula is C11H11NO3S. The molecule has 2 aromatic heterocycles. The quantitative estimate of drug-likeness (QED) is 0.888. The fourth-order valence-electron chi connectivity index (χ4n) is 1.47. The van der Waals surface area contributed by atoms with Crippen molar-refractivity contribution in [3.63, 3.8) is 0 Å². The lowest BCUT2D eigenvalue weighted by atomic mass is 10.2. The highest BCUT2D eigenvalue weighted by molar-refractivity contribution is 7.14. The topological polar surface area (TPSA) is 53.7 Å². The van der Waals surface area contributed by atoms with Crippen LogP contribution in [-0.2, 0) is 6.54 Å². The molecule has 2 heterocycles. The monoisotopic (exact) mass is 237 g/mol. The number of rotatable bonds is 4. The zero-order chi connectivity index (χ0) is 11.5. The first-order valence-corrected chi connectivity index (χ1v) is 5.60. The normalized spacial score (nSPS) is 10.3. The fourth-order valence-corrected chi connectivity index (χ4v) is 2.17. The van der Waals surface area contributed by atoms with Gasteiger partial charge >= 0.3 is 5.97 Å². The van der Waals surface area contributed by atoms with Gasteiger partial charge in [-0.3, -0.25) is 0 Å². The van der Waals surface area contributed by atoms with Crippen LogP contribution in [0.1, 0.15) is 16.1 Å². The maximum Gasteiger partial charge on any atom is 0.372 e. The highest BCUT2D eigenvalue weighted by Crippen LogP contribution is 2.22. The Morgan fingerprint density at radius 1 is 1.56 bits per heavy atom. The van der Waals surface area contributed by atoms with E-state index in [2.05, 4.69) is 0 Å². The van der Waals surface area contributed by atoms with Crippen molar-refractivity contribution in [1.82, 2.24) is 0 Å². The predicted octanol–water partition coefficient (Wildman–Crippen LogP) is 2.68. The van der Waals surface area contributed by atoms with Crippen molar-refractivity contribution in [2.75, 3.05) is 11.9 Å². The van der Waals surface area contributed by atoms with Crippen LogP contribution in [0.25, 0.3) is 0 Å². The first kappa shape index (κ1) is 10.8. The molecule has 0 amide bonds. The molecule has 2 rings (SSSR count). The minimum absolute atomic E-state index is 0.0170. The zero-order valence-corrected chi connectivity index (χ0v) is 9.53. The summed E-state index contributed by atoms with van der Waals surface area (Å²) in [6, 6.07) is 5.64. The van der Waals surface area contributed by atoms with Crippen LogP contribution in [0.2, 0.25) is 0 Å². The summed E-state index contributed by atoms with van der Waals surface area (Å²) in [5.41, 5.74) is 0.684. The van der Waals surface area contributed by atoms with Crippen LogP contribution in [0.5, 0.6) is 0 Å². The second-order valence-electron chi connectivity index (χ2n) is 3.39. The van der Waals surface area contributed by atoms with E-state index in [1.165, 1.54) is 6.26 Å². The highest BCUT2D eigenvalue weighted by Gasteiger charge is 2.15. The average Bonchev–Trinajstić information content (AvgIpc) is 2.86. The van der Waals surface area contributed by atoms with Crippen molar-refractivity contribution in [2.45, 2.75) is 6.54 Å². The number of hydrogen-bond donors (Lipinski definition) is 1. The molecule has 84 valence electrons. The molecule has 0 aliphatic heterocycles. The van der Waals surface area contributed by atoms with Gasteiger partial charge in [0.05, 0.1) is 11.3 Å². The minimum atomic E-state index is -1.03. The molecule has 0 aliphatic rings. The number of carbonyl (C=O) groups is 1. The molecule has 2 aromatic rings. The maximum atomic E-state index is 10.8. The van der Waals surface area contributed by atoms with E-state index in [4.69, 9.17) is 9.52 Å². The summed E-state index contributed by atoms with van der Waals surface area (Å²) in [7, 11) is 1.92. The van der Waals surface area contributed by atoms with Gasteiger partial charge in [-0.25, -0.2) is 4.79 Å². The largest absolute Gasteiger partial charge is 0.475 e. The number of thiophene rings is 1. The number of aromatic carboxylic acids is 1. The summed E-state index contributed by atoms with van der Waals surface area (Å²) in [6.07, 6.45) is 1.40. The Bertz CT molecular complexity index is 475. The summed E-state index contributed by atoms with van der Waals surface area (Å²) in [4.78, 5) is 12.8. The highest BCUT2D eigenvalue weighted by atomic mass is 32.1. The minimum Gasteiger partial charge on any atom is -0.475 e. The van der Waals surface area contributed by atoms with Gasteiger partial charge in [-0.15, -0.1) is 11.3 Å². The molecule has 0 radical (unpaired) electrons. The number of furan rings is 1. The van der Waals surface area contributed by atoms with E-state index >= 15 is 0 Å². The molecule has 1 N–H and O–H groups in total. The lowest BCUT2D eigenvalue weighted by Crippen LogP contribution is -2.16. The molecular weight excluding hydrogens is 226 g/mol. The van der Waals surface area contributed by atoms with E-state index in [-0.39, 0.29) is 5.76 Å². The van der Waals surface area contributed by atoms with E-state index in [1.807, 2.05) is 29.5 Å². The molecule has 0 fully saturated rings. The van der Waals surface area contributed by atoms with Gasteiger partial charge in [-0.2, -0.15) is 0 Å². The van der Waals surface area contributed by atoms with Crippen LogP contribution in [0.15, 0.2) is 34.3 Å². The van der Waals surface area contributed by atoms with Gasteiger partial charge < -0.3 is 14.4 Å². The van der Waals surface area contributed by atoms with Gasteiger partial charge in [0.1, 0.15) is 0 Å². The number of anilines is 1. The van der Waals surface area contributed by atoms with Crippen molar-refractivity contribution < 1.29 is 14.3 Å². The lowest BCUT2D eigenvalue weighted by molar-refractivity contribution is 0.0661. The van der Waals surface area contributed by atoms with Gasteiger partial charge in [-0.1, -0.05) is 0 Å². The second kappa shape index (κ2) is 4.40. The van der Waals surface area contributed by atoms with E-state index in [0.29, 0.717) is 12.1 Å². The number of nitrogens with zero attached hydrogens (tertiary/aromatic N) is 1. The summed E-state index contributed by atoms with van der Waals surface area (Å²) in [5.74, 6) is -1.01. The Balaban J connectivity index is 2.15. The van der Waals surface area contributed by atoms with Crippen LogP contribution >= 0.6 is 11.3 Å². The van der Waals surface area contributed by atoms with E-state index in [9.17, 15) is 4.79 Å². The number of carboxylic acid groups (broad SMARTS) is 1. The van der Waals surface area contributed by atoms with Crippen LogP contribution in [-0.4, -0.2) is 18.1 Å². The van der Waals surface area contributed by atoms with Gasteiger partial charge in [0.2, 0.25) is 5.76 Å². The Morgan fingerprint density at radius 3 is 3.00 bits per heavy atom. The van der Waals surface area contributed by atoms with Crippen LogP contribution in [0, 0.1) is 0 Å². The SMILES string of the molecule is CN(Cc1ccoc1C(=O)O)c1cccs1. The predicted molar refractivity (Wildman–Crippen MR) is 62.1 cm³/mol. The van der Waals surface area contributed by atoms with Crippen molar-refractivity contribution in [3.05, 3.63) is 41.2 Å². The van der Waals surface area contributed by atoms with Crippen molar-refractivity contribution in [3.8, 4) is 0 Å². The second-order valence-corrected chi connectivity index (χ2v) is 4.31. The Hall–Kier alpha value is -1.75. The van der Waals surface area contributed by atoms with Gasteiger partial charge in [-0.05, 0) is 23.6 Å². The molecule has 4 nitrogen and oxygen atoms in total. The lowest BCUT2D eigenvalue weighted by Gasteiger charge is -2.15. The van der Waals surface area contributed by atoms with Gasteiger partial charge in [0.25, 0.3) is 0 Å². The molecule has 0 saturated heterocycles. The third-order valence-corrected chi connectivity index (χ3v) is 3.21. The molecule has 5 heteroatoms. The first-order valence-electron chi connectivity index (χ1n) is 4.73. The average molecular weight is 237 g/mol. The standard InChI is InChI=1S/C11H11NO3S/c1-12(9-3-2-6-16-9)7-8-4-5-15-10(8)11(13)14/h2-6H,7H2,1H3,(H,13,14). The van der Waals surface area contributed by atoms with Crippen LogP contribution in [0.4, 0.5) is 5.00 Å². The zero-order valence-electron chi connectivity index (χ0n) is 8.71. The molecule has 0 bridgehead atoms. The van der Waals surface area contributed by atoms with Crippen molar-refractivity contribution in [2.24, 2.45) is 0 Å². The smallest absolute Gasteiger partial charge is 0.372 e. The maximum absolute atomic E-state index is 10.8. The third-order valence-electron chi connectivity index (χ3n) is 2.23. The summed E-state index contributed by atoms with van der Waals surface area (Å²) in [6.45, 7) is 0.526. The number of carboxylic acids is 1. The Kier molecular flexibility index (Phi) is 2.96. The van der Waals surface area contributed by atoms with E-state index in [0.717, 1.165) is 5.00 Å². The Labute approximate surface area is 96.7 Å². The third kappa shape index (κ3) is 2.09. The Morgan fingerprint density at radius 2 is 2.38 bits per heavy atom. The molecule has 0 aliphatic carbocycles. The molecule has 0 unspecified atom stereocenters. The van der Waals surface area contributed by atoms with Crippen molar-refractivity contribution >= 4 is 22.3 Å². The van der Waals surface area contributed by atoms with Gasteiger partial charge in [0, 0.05) is 19.2 Å². The number of hydrogen-bond acceptors (Lipinski definition) is 4. The summed E-state index contributed by atoms with van der Waals surface area (Å²) in [5, 5.41) is 12.0. The van der Waals surface area contributed by atoms with E-state index < -0.39 is 5.97 Å². The molecule has 0 saturated carbocycles. The molecule has 16 heavy (non-hydrogen) atoms. The fraction of sp³-hybridized carbons (Fsp3) is 0.182. The van der Waals surface area contributed by atoms with Crippen molar-refractivity contribution in [1.29, 1.82) is 0 Å². The van der Waals surface area contributed by atoms with Gasteiger partial charge in [0.15, 0.2) is 0 Å². The molecule has 0 aromatic carbocycles. The summed E-state index contributed by atoms with van der Waals surface area (Å²) >= 11 is 1.62. The molecule has 0 atom stereocenters. The van der Waals surface area contributed by atoms with Crippen LogP contribution < -0.4 is 4.90 Å². The first-order chi connectivity index (χ1) is 7.68. The summed E-state index contributed by atoms with van der Waals surface area (Å²) < 4.78 is 4.92. The molecule has 0 spiro atoms. The van der Waals surface area contributed by atoms with E-state index in [1.54, 1.807) is 17.4 Å².